The van der Waals surface area contributed by atoms with Gasteiger partial charge in [-0.2, -0.15) is 0 Å². The summed E-state index contributed by atoms with van der Waals surface area (Å²) in [5.41, 5.74) is 1.38. The van der Waals surface area contributed by atoms with Crippen molar-refractivity contribution in [1.29, 1.82) is 0 Å². The van der Waals surface area contributed by atoms with Crippen LogP contribution in [0.5, 0.6) is 0 Å². The molecule has 0 saturated carbocycles. The van der Waals surface area contributed by atoms with E-state index in [1.807, 2.05) is 6.07 Å². The van der Waals surface area contributed by atoms with Gasteiger partial charge in [0.2, 0.25) is 0 Å². The van der Waals surface area contributed by atoms with Crippen molar-refractivity contribution in [3.8, 4) is 0 Å². The van der Waals surface area contributed by atoms with E-state index in [1.165, 1.54) is 5.56 Å². The van der Waals surface area contributed by atoms with E-state index in [9.17, 15) is 8.42 Å². The lowest BCUT2D eigenvalue weighted by molar-refractivity contribution is 0.460. The number of nitrogens with one attached hydrogen (secondary N) is 1. The number of benzene rings is 2. The third kappa shape index (κ3) is 6.32. The summed E-state index contributed by atoms with van der Waals surface area (Å²) in [7, 11) is -3.24. The maximum atomic E-state index is 12.4. The van der Waals surface area contributed by atoms with Crippen LogP contribution in [-0.2, 0) is 16.3 Å². The van der Waals surface area contributed by atoms with Gasteiger partial charge in [0.15, 0.2) is 15.8 Å². The van der Waals surface area contributed by atoms with Crippen LogP contribution in [0.1, 0.15) is 25.3 Å². The standard InChI is InChI=1S/C23H31N3O2S/c1-2-24-23(25-15-9-17-29(27,28)22-12-7-4-8-13-22)26-16-14-21(19-26)18-20-10-5-3-6-11-20/h3-8,10-13,21H,2,9,14-19H2,1H3,(H,24,25). The highest BCUT2D eigenvalue weighted by atomic mass is 32.2. The molecule has 1 heterocycles. The maximum Gasteiger partial charge on any atom is 0.193 e. The van der Waals surface area contributed by atoms with Crippen molar-refractivity contribution < 1.29 is 8.42 Å². The Morgan fingerprint density at radius 3 is 2.48 bits per heavy atom. The SMILES string of the molecule is CCNC(=NCCCS(=O)(=O)c1ccccc1)N1CCC(Cc2ccccc2)C1. The summed E-state index contributed by atoms with van der Waals surface area (Å²) in [4.78, 5) is 7.40. The number of hydrogen-bond donors (Lipinski definition) is 1. The van der Waals surface area contributed by atoms with Crippen LogP contribution < -0.4 is 5.32 Å². The molecule has 0 aromatic heterocycles. The number of guanidine groups is 1. The third-order valence-corrected chi connectivity index (χ3v) is 7.04. The molecular weight excluding hydrogens is 382 g/mol. The quantitative estimate of drug-likeness (QED) is 0.409. The molecule has 1 unspecified atom stereocenters. The largest absolute Gasteiger partial charge is 0.357 e. The zero-order valence-corrected chi connectivity index (χ0v) is 17.9. The van der Waals surface area contributed by atoms with Crippen molar-refractivity contribution in [1.82, 2.24) is 10.2 Å². The minimum absolute atomic E-state index is 0.122. The fourth-order valence-corrected chi connectivity index (χ4v) is 5.07. The molecule has 1 aliphatic rings. The number of sulfone groups is 1. The van der Waals surface area contributed by atoms with Gasteiger partial charge in [0, 0.05) is 26.2 Å². The van der Waals surface area contributed by atoms with Crippen LogP contribution in [0.2, 0.25) is 0 Å². The molecule has 1 atom stereocenters. The first-order chi connectivity index (χ1) is 14.1. The van der Waals surface area contributed by atoms with Crippen LogP contribution in [0.15, 0.2) is 70.6 Å². The lowest BCUT2D eigenvalue weighted by atomic mass is 9.99. The first kappa shape index (κ1) is 21.4. The van der Waals surface area contributed by atoms with Gasteiger partial charge in [-0.05, 0) is 49.8 Å². The molecule has 2 aromatic carbocycles. The average Bonchev–Trinajstić information content (AvgIpc) is 3.20. The summed E-state index contributed by atoms with van der Waals surface area (Å²) < 4.78 is 24.8. The Hall–Kier alpha value is -2.34. The van der Waals surface area contributed by atoms with Gasteiger partial charge in [-0.1, -0.05) is 48.5 Å². The normalized spacial score (nSPS) is 17.5. The van der Waals surface area contributed by atoms with Crippen molar-refractivity contribution in [3.05, 3.63) is 66.2 Å². The zero-order chi connectivity index (χ0) is 20.5. The topological polar surface area (TPSA) is 61.8 Å². The minimum Gasteiger partial charge on any atom is -0.357 e. The summed E-state index contributed by atoms with van der Waals surface area (Å²) in [6.45, 7) is 5.36. The second-order valence-electron chi connectivity index (χ2n) is 7.51. The van der Waals surface area contributed by atoms with E-state index >= 15 is 0 Å². The molecule has 0 aliphatic carbocycles. The van der Waals surface area contributed by atoms with Gasteiger partial charge in [-0.25, -0.2) is 8.42 Å². The zero-order valence-electron chi connectivity index (χ0n) is 17.1. The second-order valence-corrected chi connectivity index (χ2v) is 9.62. The predicted octanol–water partition coefficient (Wildman–Crippen LogP) is 3.38. The second kappa shape index (κ2) is 10.4. The number of aliphatic imine (C=N–C) groups is 1. The molecule has 0 radical (unpaired) electrons. The molecule has 3 rings (SSSR count). The molecule has 6 heteroatoms. The highest BCUT2D eigenvalue weighted by Crippen LogP contribution is 2.21. The van der Waals surface area contributed by atoms with Gasteiger partial charge >= 0.3 is 0 Å². The Balaban J connectivity index is 1.52. The van der Waals surface area contributed by atoms with Crippen molar-refractivity contribution in [2.45, 2.75) is 31.1 Å². The van der Waals surface area contributed by atoms with Crippen molar-refractivity contribution in [2.75, 3.05) is 31.9 Å². The summed E-state index contributed by atoms with van der Waals surface area (Å²) in [5.74, 6) is 1.65. The molecule has 0 bridgehead atoms. The van der Waals surface area contributed by atoms with E-state index < -0.39 is 9.84 Å². The van der Waals surface area contributed by atoms with Crippen LogP contribution >= 0.6 is 0 Å². The van der Waals surface area contributed by atoms with E-state index in [0.717, 1.165) is 38.4 Å². The van der Waals surface area contributed by atoms with Crippen LogP contribution in [0.4, 0.5) is 0 Å². The first-order valence-corrected chi connectivity index (χ1v) is 12.1. The molecule has 0 spiro atoms. The van der Waals surface area contributed by atoms with Crippen LogP contribution in [0.3, 0.4) is 0 Å². The first-order valence-electron chi connectivity index (χ1n) is 10.4. The molecule has 1 saturated heterocycles. The molecule has 1 N–H and O–H groups in total. The van der Waals surface area contributed by atoms with E-state index in [1.54, 1.807) is 24.3 Å². The summed E-state index contributed by atoms with van der Waals surface area (Å²) in [5, 5.41) is 3.36. The number of hydrogen-bond acceptors (Lipinski definition) is 3. The molecular formula is C23H31N3O2S. The van der Waals surface area contributed by atoms with E-state index in [0.29, 0.717) is 23.8 Å². The van der Waals surface area contributed by atoms with E-state index in [4.69, 9.17) is 4.99 Å². The van der Waals surface area contributed by atoms with Gasteiger partial charge < -0.3 is 10.2 Å². The molecule has 156 valence electrons. The smallest absolute Gasteiger partial charge is 0.193 e. The molecule has 1 aliphatic heterocycles. The Kier molecular flexibility index (Phi) is 7.69. The average molecular weight is 414 g/mol. The molecule has 5 nitrogen and oxygen atoms in total. The minimum atomic E-state index is -3.24. The summed E-state index contributed by atoms with van der Waals surface area (Å²) >= 11 is 0. The van der Waals surface area contributed by atoms with Crippen LogP contribution in [0, 0.1) is 5.92 Å². The van der Waals surface area contributed by atoms with Crippen LogP contribution in [-0.4, -0.2) is 51.2 Å². The summed E-state index contributed by atoms with van der Waals surface area (Å²) in [6, 6.07) is 19.3. The lowest BCUT2D eigenvalue weighted by Crippen LogP contribution is -2.40. The van der Waals surface area contributed by atoms with Crippen molar-refractivity contribution in [2.24, 2.45) is 10.9 Å². The Morgan fingerprint density at radius 1 is 1.10 bits per heavy atom. The molecule has 1 fully saturated rings. The van der Waals surface area contributed by atoms with E-state index in [2.05, 4.69) is 47.5 Å². The van der Waals surface area contributed by atoms with Crippen molar-refractivity contribution in [3.63, 3.8) is 0 Å². The molecule has 2 aromatic rings. The Labute approximate surface area is 174 Å². The fraction of sp³-hybridized carbons (Fsp3) is 0.435. The van der Waals surface area contributed by atoms with Gasteiger partial charge in [-0.15, -0.1) is 0 Å². The Bertz CT molecular complexity index is 883. The number of likely N-dealkylation sites (tertiary alicyclic amines) is 1. The van der Waals surface area contributed by atoms with Gasteiger partial charge in [0.05, 0.1) is 10.6 Å². The highest BCUT2D eigenvalue weighted by molar-refractivity contribution is 7.91. The number of rotatable bonds is 8. The van der Waals surface area contributed by atoms with Gasteiger partial charge in [-0.3, -0.25) is 4.99 Å². The van der Waals surface area contributed by atoms with Crippen LogP contribution in [0.25, 0.3) is 0 Å². The number of nitrogens with zero attached hydrogens (tertiary/aromatic N) is 2. The van der Waals surface area contributed by atoms with Gasteiger partial charge in [0.25, 0.3) is 0 Å². The van der Waals surface area contributed by atoms with Gasteiger partial charge in [0.1, 0.15) is 0 Å². The fourth-order valence-electron chi connectivity index (χ4n) is 3.75. The molecule has 0 amide bonds. The summed E-state index contributed by atoms with van der Waals surface area (Å²) in [6.07, 6.45) is 2.77. The predicted molar refractivity (Wildman–Crippen MR) is 119 cm³/mol. The third-order valence-electron chi connectivity index (χ3n) is 5.22. The monoisotopic (exact) mass is 413 g/mol. The van der Waals surface area contributed by atoms with E-state index in [-0.39, 0.29) is 5.75 Å². The Morgan fingerprint density at radius 2 is 1.79 bits per heavy atom. The van der Waals surface area contributed by atoms with Crippen molar-refractivity contribution >= 4 is 15.8 Å². The molecule has 29 heavy (non-hydrogen) atoms. The maximum absolute atomic E-state index is 12.4. The highest BCUT2D eigenvalue weighted by Gasteiger charge is 2.25. The lowest BCUT2D eigenvalue weighted by Gasteiger charge is -2.21.